The second-order valence-corrected chi connectivity index (χ2v) is 4.47. The van der Waals surface area contributed by atoms with Gasteiger partial charge in [0, 0.05) is 17.9 Å². The minimum absolute atomic E-state index is 0.181. The molecule has 0 heterocycles. The number of benzene rings is 1. The molecule has 1 aromatic carbocycles. The lowest BCUT2D eigenvalue weighted by molar-refractivity contribution is -0.122. The average molecular weight is 234 g/mol. The normalized spacial score (nSPS) is 10.6. The zero-order chi connectivity index (χ0) is 12.8. The van der Waals surface area contributed by atoms with E-state index in [0.717, 1.165) is 29.7 Å². The molecular formula is C15H22O2. The molecule has 0 saturated carbocycles. The lowest BCUT2D eigenvalue weighted by atomic mass is 9.93. The number of ketones is 1. The van der Waals surface area contributed by atoms with Crippen LogP contribution >= 0.6 is 0 Å². The molecular weight excluding hydrogens is 212 g/mol. The summed E-state index contributed by atoms with van der Waals surface area (Å²) in [5.74, 6) is 1.31. The topological polar surface area (TPSA) is 26.3 Å². The van der Waals surface area contributed by atoms with E-state index in [1.807, 2.05) is 25.1 Å². The van der Waals surface area contributed by atoms with Crippen LogP contribution in [0.25, 0.3) is 0 Å². The monoisotopic (exact) mass is 234 g/mol. The minimum atomic E-state index is 0.181. The van der Waals surface area contributed by atoms with Crippen molar-refractivity contribution in [1.82, 2.24) is 0 Å². The Bertz CT molecular complexity index is 379. The van der Waals surface area contributed by atoms with Crippen LogP contribution in [0, 0.1) is 12.8 Å². The molecule has 94 valence electrons. The first kappa shape index (κ1) is 13.8. The van der Waals surface area contributed by atoms with E-state index in [4.69, 9.17) is 4.74 Å². The summed E-state index contributed by atoms with van der Waals surface area (Å²) < 4.78 is 5.30. The van der Waals surface area contributed by atoms with Crippen LogP contribution in [0.4, 0.5) is 0 Å². The van der Waals surface area contributed by atoms with Crippen molar-refractivity contribution in [2.24, 2.45) is 5.92 Å². The number of aryl methyl sites for hydroxylation is 1. The van der Waals surface area contributed by atoms with Crippen molar-refractivity contribution >= 4 is 5.78 Å². The van der Waals surface area contributed by atoms with Crippen LogP contribution in [-0.4, -0.2) is 12.9 Å². The number of hydrogen-bond donors (Lipinski definition) is 0. The molecule has 2 heteroatoms. The third-order valence-electron chi connectivity index (χ3n) is 3.24. The van der Waals surface area contributed by atoms with Gasteiger partial charge < -0.3 is 4.74 Å². The largest absolute Gasteiger partial charge is 0.496 e. The molecule has 0 aliphatic carbocycles. The Kier molecular flexibility index (Phi) is 5.20. The molecule has 2 nitrogen and oxygen atoms in total. The van der Waals surface area contributed by atoms with Crippen LogP contribution in [0.5, 0.6) is 5.75 Å². The molecule has 1 aromatic rings. The molecule has 0 spiro atoms. The quantitative estimate of drug-likeness (QED) is 0.752. The van der Waals surface area contributed by atoms with E-state index in [0.29, 0.717) is 12.2 Å². The van der Waals surface area contributed by atoms with E-state index in [-0.39, 0.29) is 5.92 Å². The summed E-state index contributed by atoms with van der Waals surface area (Å²) in [5, 5.41) is 0. The van der Waals surface area contributed by atoms with E-state index in [2.05, 4.69) is 13.8 Å². The van der Waals surface area contributed by atoms with Gasteiger partial charge in [-0.2, -0.15) is 0 Å². The summed E-state index contributed by atoms with van der Waals surface area (Å²) in [6.45, 7) is 6.17. The zero-order valence-corrected chi connectivity index (χ0v) is 11.2. The zero-order valence-electron chi connectivity index (χ0n) is 11.2. The number of Topliss-reactive ketones (excluding diaryl/α,β-unsaturated/α-hetero) is 1. The van der Waals surface area contributed by atoms with E-state index in [9.17, 15) is 4.79 Å². The van der Waals surface area contributed by atoms with Gasteiger partial charge >= 0.3 is 0 Å². The smallest absolute Gasteiger partial charge is 0.140 e. The molecule has 0 N–H and O–H groups in total. The van der Waals surface area contributed by atoms with Gasteiger partial charge in [0.05, 0.1) is 7.11 Å². The SMILES string of the molecule is CCC(CC)C(=O)Cc1cc(C)ccc1OC. The van der Waals surface area contributed by atoms with Gasteiger partial charge in [-0.3, -0.25) is 4.79 Å². The van der Waals surface area contributed by atoms with Gasteiger partial charge in [0.15, 0.2) is 0 Å². The minimum Gasteiger partial charge on any atom is -0.496 e. The van der Waals surface area contributed by atoms with Gasteiger partial charge in [-0.15, -0.1) is 0 Å². The maximum absolute atomic E-state index is 12.1. The Balaban J connectivity index is 2.86. The number of rotatable bonds is 6. The second kappa shape index (κ2) is 6.43. The highest BCUT2D eigenvalue weighted by molar-refractivity contribution is 5.83. The Hall–Kier alpha value is -1.31. The summed E-state index contributed by atoms with van der Waals surface area (Å²) in [4.78, 5) is 12.1. The van der Waals surface area contributed by atoms with Gasteiger partial charge in [-0.05, 0) is 25.8 Å². The molecule has 0 radical (unpaired) electrons. The first-order valence-electron chi connectivity index (χ1n) is 6.28. The summed E-state index contributed by atoms with van der Waals surface area (Å²) >= 11 is 0. The Labute approximate surface area is 104 Å². The van der Waals surface area contributed by atoms with Crippen LogP contribution in [-0.2, 0) is 11.2 Å². The standard InChI is InChI=1S/C15H22O2/c1-5-12(6-2)14(16)10-13-9-11(3)7-8-15(13)17-4/h7-9,12H,5-6,10H2,1-4H3. The molecule has 1 rings (SSSR count). The van der Waals surface area contributed by atoms with Crippen molar-refractivity contribution in [2.75, 3.05) is 7.11 Å². The molecule has 17 heavy (non-hydrogen) atoms. The van der Waals surface area contributed by atoms with E-state index < -0.39 is 0 Å². The second-order valence-electron chi connectivity index (χ2n) is 4.47. The van der Waals surface area contributed by atoms with Gasteiger partial charge in [0.25, 0.3) is 0 Å². The molecule has 0 amide bonds. The maximum Gasteiger partial charge on any atom is 0.140 e. The number of methoxy groups -OCH3 is 1. The number of carbonyl (C=O) groups is 1. The third kappa shape index (κ3) is 3.58. The lowest BCUT2D eigenvalue weighted by Crippen LogP contribution is -2.15. The molecule has 0 saturated heterocycles. The summed E-state index contributed by atoms with van der Waals surface area (Å²) in [7, 11) is 1.65. The third-order valence-corrected chi connectivity index (χ3v) is 3.24. The molecule has 0 atom stereocenters. The first-order valence-corrected chi connectivity index (χ1v) is 6.28. The van der Waals surface area contributed by atoms with Crippen LogP contribution in [0.3, 0.4) is 0 Å². The average Bonchev–Trinajstić information content (AvgIpc) is 2.31. The van der Waals surface area contributed by atoms with Gasteiger partial charge in [-0.1, -0.05) is 31.5 Å². The summed E-state index contributed by atoms with van der Waals surface area (Å²) in [6, 6.07) is 5.98. The predicted octanol–water partition coefficient (Wildman–Crippen LogP) is 3.55. The summed E-state index contributed by atoms with van der Waals surface area (Å²) in [5.41, 5.74) is 2.17. The number of carbonyl (C=O) groups excluding carboxylic acids is 1. The van der Waals surface area contributed by atoms with Crippen molar-refractivity contribution in [1.29, 1.82) is 0 Å². The van der Waals surface area contributed by atoms with E-state index in [1.165, 1.54) is 0 Å². The van der Waals surface area contributed by atoms with E-state index >= 15 is 0 Å². The molecule has 0 aliphatic heterocycles. The molecule has 0 bridgehead atoms. The van der Waals surface area contributed by atoms with Crippen LogP contribution < -0.4 is 4.74 Å². The van der Waals surface area contributed by atoms with Crippen molar-refractivity contribution in [3.8, 4) is 5.75 Å². The van der Waals surface area contributed by atoms with Crippen molar-refractivity contribution in [2.45, 2.75) is 40.0 Å². The van der Waals surface area contributed by atoms with Gasteiger partial charge in [0.2, 0.25) is 0 Å². The van der Waals surface area contributed by atoms with Crippen molar-refractivity contribution < 1.29 is 9.53 Å². The van der Waals surface area contributed by atoms with Crippen molar-refractivity contribution in [3.05, 3.63) is 29.3 Å². The molecule has 0 unspecified atom stereocenters. The Morgan fingerprint density at radius 3 is 2.47 bits per heavy atom. The fraction of sp³-hybridized carbons (Fsp3) is 0.533. The van der Waals surface area contributed by atoms with Gasteiger partial charge in [0.1, 0.15) is 11.5 Å². The van der Waals surface area contributed by atoms with Crippen LogP contribution in [0.2, 0.25) is 0 Å². The number of ether oxygens (including phenoxy) is 1. The van der Waals surface area contributed by atoms with Gasteiger partial charge in [-0.25, -0.2) is 0 Å². The molecule has 0 fully saturated rings. The fourth-order valence-corrected chi connectivity index (χ4v) is 2.12. The van der Waals surface area contributed by atoms with E-state index in [1.54, 1.807) is 7.11 Å². The van der Waals surface area contributed by atoms with Crippen molar-refractivity contribution in [3.63, 3.8) is 0 Å². The fourth-order valence-electron chi connectivity index (χ4n) is 2.12. The first-order chi connectivity index (χ1) is 8.12. The summed E-state index contributed by atoms with van der Waals surface area (Å²) in [6.07, 6.45) is 2.32. The molecule has 0 aromatic heterocycles. The highest BCUT2D eigenvalue weighted by Crippen LogP contribution is 2.22. The number of hydrogen-bond acceptors (Lipinski definition) is 2. The highest BCUT2D eigenvalue weighted by Gasteiger charge is 2.16. The predicted molar refractivity (Wildman–Crippen MR) is 70.5 cm³/mol. The van der Waals surface area contributed by atoms with Crippen LogP contribution in [0.15, 0.2) is 18.2 Å². The van der Waals surface area contributed by atoms with Crippen LogP contribution in [0.1, 0.15) is 37.8 Å². The maximum atomic E-state index is 12.1. The lowest BCUT2D eigenvalue weighted by Gasteiger charge is -2.13. The Morgan fingerprint density at radius 2 is 1.94 bits per heavy atom. The Morgan fingerprint density at radius 1 is 1.29 bits per heavy atom. The molecule has 0 aliphatic rings. The highest BCUT2D eigenvalue weighted by atomic mass is 16.5.